The van der Waals surface area contributed by atoms with Gasteiger partial charge in [0.15, 0.2) is 17.5 Å². The molecule has 1 aliphatic rings. The average molecular weight is 372 g/mol. The summed E-state index contributed by atoms with van der Waals surface area (Å²) in [6.07, 6.45) is 1.33. The van der Waals surface area contributed by atoms with Gasteiger partial charge in [-0.05, 0) is 38.2 Å². The quantitative estimate of drug-likeness (QED) is 0.681. The lowest BCUT2D eigenvalue weighted by molar-refractivity contribution is 0.173. The minimum Gasteiger partial charge on any atom is -0.351 e. The summed E-state index contributed by atoms with van der Waals surface area (Å²) in [7, 11) is 1.96. The molecule has 1 aromatic carbocycles. The molecule has 0 bridgehead atoms. The minimum atomic E-state index is -0.502. The molecule has 9 heteroatoms. The Morgan fingerprint density at radius 3 is 2.59 bits per heavy atom. The first-order valence-electron chi connectivity index (χ1n) is 8.52. The maximum absolute atomic E-state index is 14.9. The molecule has 1 aliphatic heterocycles. The van der Waals surface area contributed by atoms with Crippen LogP contribution in [0.25, 0.3) is 11.3 Å². The summed E-state index contributed by atoms with van der Waals surface area (Å²) in [5, 5.41) is 3.78. The summed E-state index contributed by atoms with van der Waals surface area (Å²) in [4.78, 5) is 16.2. The van der Waals surface area contributed by atoms with E-state index in [9.17, 15) is 8.78 Å². The molecule has 3 aromatic rings. The van der Waals surface area contributed by atoms with Crippen molar-refractivity contribution in [3.63, 3.8) is 0 Å². The van der Waals surface area contributed by atoms with E-state index in [0.29, 0.717) is 36.9 Å². The van der Waals surface area contributed by atoms with Crippen LogP contribution >= 0.6 is 0 Å². The summed E-state index contributed by atoms with van der Waals surface area (Å²) >= 11 is 0. The number of halogens is 2. The fourth-order valence-electron chi connectivity index (χ4n) is 3.04. The van der Waals surface area contributed by atoms with E-state index in [-0.39, 0.29) is 23.4 Å². The second kappa shape index (κ2) is 6.99. The largest absolute Gasteiger partial charge is 0.351 e. The van der Waals surface area contributed by atoms with Crippen LogP contribution in [-0.4, -0.2) is 51.2 Å². The van der Waals surface area contributed by atoms with Crippen LogP contribution in [0.4, 0.5) is 14.6 Å². The maximum Gasteiger partial charge on any atom is 0.240 e. The fourth-order valence-corrected chi connectivity index (χ4v) is 3.04. The number of rotatable bonds is 5. The van der Waals surface area contributed by atoms with Gasteiger partial charge in [-0.2, -0.15) is 4.98 Å². The van der Waals surface area contributed by atoms with E-state index in [1.54, 1.807) is 6.92 Å². The Labute approximate surface area is 154 Å². The van der Waals surface area contributed by atoms with Crippen LogP contribution in [0.3, 0.4) is 0 Å². The number of hydrogen-bond donors (Lipinski definition) is 0. The predicted molar refractivity (Wildman–Crippen MR) is 93.9 cm³/mol. The third-order valence-electron chi connectivity index (χ3n) is 4.63. The molecule has 2 aromatic heterocycles. The number of aromatic nitrogens is 4. The van der Waals surface area contributed by atoms with Gasteiger partial charge in [0.1, 0.15) is 17.8 Å². The number of aryl methyl sites for hydroxylation is 1. The highest BCUT2D eigenvalue weighted by molar-refractivity contribution is 5.64. The lowest BCUT2D eigenvalue weighted by Gasteiger charge is -2.44. The molecular weight excluding hydrogens is 354 g/mol. The van der Waals surface area contributed by atoms with E-state index in [4.69, 9.17) is 4.52 Å². The van der Waals surface area contributed by atoms with Gasteiger partial charge in [-0.3, -0.25) is 4.90 Å². The molecule has 140 valence electrons. The Hall–Kier alpha value is -2.94. The summed E-state index contributed by atoms with van der Waals surface area (Å²) in [6, 6.07) is 5.79. The molecule has 3 heterocycles. The lowest BCUT2D eigenvalue weighted by Crippen LogP contribution is -2.58. The Morgan fingerprint density at radius 2 is 1.93 bits per heavy atom. The number of likely N-dealkylation sites (N-methyl/N-ethyl adjacent to an activating group) is 1. The van der Waals surface area contributed by atoms with Crippen molar-refractivity contribution >= 4 is 5.82 Å². The second-order valence-electron chi connectivity index (χ2n) is 6.58. The molecule has 4 rings (SSSR count). The molecular formula is C18H18F2N6O. The first-order valence-corrected chi connectivity index (χ1v) is 8.52. The summed E-state index contributed by atoms with van der Waals surface area (Å²) < 4.78 is 33.1. The highest BCUT2D eigenvalue weighted by Crippen LogP contribution is 2.29. The Kier molecular flexibility index (Phi) is 4.53. The van der Waals surface area contributed by atoms with Gasteiger partial charge in [0, 0.05) is 24.7 Å². The highest BCUT2D eigenvalue weighted by atomic mass is 19.1. The van der Waals surface area contributed by atoms with E-state index < -0.39 is 5.82 Å². The summed E-state index contributed by atoms with van der Waals surface area (Å²) in [6.45, 7) is 3.56. The predicted octanol–water partition coefficient (Wildman–Crippen LogP) is 2.43. The SMILES string of the molecule is Cc1noc(CN(C)C2CN(c3ncnc(-c4ccc(F)cc4)c3F)C2)n1. The first-order chi connectivity index (χ1) is 13.0. The van der Waals surface area contributed by atoms with Crippen molar-refractivity contribution in [1.82, 2.24) is 25.0 Å². The van der Waals surface area contributed by atoms with Crippen LogP contribution in [0.15, 0.2) is 35.1 Å². The summed E-state index contributed by atoms with van der Waals surface area (Å²) in [5.41, 5.74) is 0.677. The van der Waals surface area contributed by atoms with Gasteiger partial charge in [0.05, 0.1) is 6.54 Å². The van der Waals surface area contributed by atoms with E-state index in [2.05, 4.69) is 25.0 Å². The number of hydrogen-bond acceptors (Lipinski definition) is 7. The zero-order chi connectivity index (χ0) is 19.0. The van der Waals surface area contributed by atoms with Crippen molar-refractivity contribution in [2.75, 3.05) is 25.0 Å². The van der Waals surface area contributed by atoms with Gasteiger partial charge < -0.3 is 9.42 Å². The fraction of sp³-hybridized carbons (Fsp3) is 0.333. The van der Waals surface area contributed by atoms with E-state index in [1.807, 2.05) is 11.9 Å². The summed E-state index contributed by atoms with van der Waals surface area (Å²) in [5.74, 6) is 0.532. The molecule has 0 N–H and O–H groups in total. The van der Waals surface area contributed by atoms with E-state index in [0.717, 1.165) is 0 Å². The van der Waals surface area contributed by atoms with Gasteiger partial charge in [-0.1, -0.05) is 5.16 Å². The average Bonchev–Trinajstić information content (AvgIpc) is 3.01. The number of benzene rings is 1. The first kappa shape index (κ1) is 17.5. The third-order valence-corrected chi connectivity index (χ3v) is 4.63. The normalized spacial score (nSPS) is 14.6. The molecule has 0 unspecified atom stereocenters. The molecule has 1 saturated heterocycles. The van der Waals surface area contributed by atoms with Crippen LogP contribution in [0.1, 0.15) is 11.7 Å². The molecule has 27 heavy (non-hydrogen) atoms. The van der Waals surface area contributed by atoms with Crippen molar-refractivity contribution in [1.29, 1.82) is 0 Å². The van der Waals surface area contributed by atoms with Crippen LogP contribution in [-0.2, 0) is 6.54 Å². The second-order valence-corrected chi connectivity index (χ2v) is 6.58. The molecule has 0 amide bonds. The highest BCUT2D eigenvalue weighted by Gasteiger charge is 2.33. The molecule has 0 spiro atoms. The third kappa shape index (κ3) is 3.50. The minimum absolute atomic E-state index is 0.165. The molecule has 7 nitrogen and oxygen atoms in total. The monoisotopic (exact) mass is 372 g/mol. The van der Waals surface area contributed by atoms with E-state index in [1.165, 1.54) is 30.6 Å². The van der Waals surface area contributed by atoms with Gasteiger partial charge in [0.2, 0.25) is 5.89 Å². The number of anilines is 1. The van der Waals surface area contributed by atoms with Crippen LogP contribution in [0.5, 0.6) is 0 Å². The zero-order valence-corrected chi connectivity index (χ0v) is 14.9. The Morgan fingerprint density at radius 1 is 1.19 bits per heavy atom. The van der Waals surface area contributed by atoms with Crippen molar-refractivity contribution in [3.05, 3.63) is 53.9 Å². The van der Waals surface area contributed by atoms with Crippen LogP contribution in [0.2, 0.25) is 0 Å². The molecule has 0 aliphatic carbocycles. The topological polar surface area (TPSA) is 71.2 Å². The Bertz CT molecular complexity index is 939. The molecule has 1 fully saturated rings. The van der Waals surface area contributed by atoms with Gasteiger partial charge in [-0.15, -0.1) is 0 Å². The maximum atomic E-state index is 14.9. The number of nitrogens with zero attached hydrogens (tertiary/aromatic N) is 6. The van der Waals surface area contributed by atoms with E-state index >= 15 is 0 Å². The van der Waals surface area contributed by atoms with Crippen molar-refractivity contribution < 1.29 is 13.3 Å². The van der Waals surface area contributed by atoms with Crippen molar-refractivity contribution in [2.45, 2.75) is 19.5 Å². The lowest BCUT2D eigenvalue weighted by atomic mass is 10.1. The standard InChI is InChI=1S/C18H18F2N6O/c1-11-23-15(27-24-11)9-25(2)14-7-26(8-14)18-16(20)17(21-10-22-18)12-3-5-13(19)6-4-12/h3-6,10,14H,7-9H2,1-2H3. The van der Waals surface area contributed by atoms with Gasteiger partial charge in [-0.25, -0.2) is 18.7 Å². The molecule has 0 saturated carbocycles. The Balaban J connectivity index is 1.44. The molecule has 0 radical (unpaired) electrons. The van der Waals surface area contributed by atoms with Crippen LogP contribution in [0, 0.1) is 18.6 Å². The molecule has 0 atom stereocenters. The van der Waals surface area contributed by atoms with Crippen molar-refractivity contribution in [2.24, 2.45) is 0 Å². The smallest absolute Gasteiger partial charge is 0.240 e. The van der Waals surface area contributed by atoms with Crippen LogP contribution < -0.4 is 4.90 Å². The van der Waals surface area contributed by atoms with Gasteiger partial charge in [0.25, 0.3) is 0 Å². The zero-order valence-electron chi connectivity index (χ0n) is 14.9. The van der Waals surface area contributed by atoms with Crippen molar-refractivity contribution in [3.8, 4) is 11.3 Å². The van der Waals surface area contributed by atoms with Gasteiger partial charge >= 0.3 is 0 Å².